The summed E-state index contributed by atoms with van der Waals surface area (Å²) in [5.74, 6) is 0.910. The number of hydrogen-bond acceptors (Lipinski definition) is 3. The second-order valence-corrected chi connectivity index (χ2v) is 4.99. The highest BCUT2D eigenvalue weighted by molar-refractivity contribution is 5.45. The third-order valence-electron chi connectivity index (χ3n) is 3.29. The molecule has 17 heavy (non-hydrogen) atoms. The summed E-state index contributed by atoms with van der Waals surface area (Å²) in [6.45, 7) is 5.00. The molecule has 1 aromatic rings. The smallest absolute Gasteiger partial charge is 0.124 e. The fourth-order valence-electron chi connectivity index (χ4n) is 2.27. The van der Waals surface area contributed by atoms with Crippen molar-refractivity contribution in [3.8, 4) is 5.75 Å². The van der Waals surface area contributed by atoms with E-state index in [1.54, 1.807) is 7.11 Å². The van der Waals surface area contributed by atoms with E-state index >= 15 is 0 Å². The zero-order valence-electron chi connectivity index (χ0n) is 10.9. The number of aryl methyl sites for hydroxylation is 2. The Labute approximate surface area is 103 Å². The summed E-state index contributed by atoms with van der Waals surface area (Å²) in [6.07, 6.45) is 2.58. The van der Waals surface area contributed by atoms with Crippen molar-refractivity contribution >= 4 is 0 Å². The number of benzene rings is 1. The first-order chi connectivity index (χ1) is 8.11. The number of methoxy groups -OCH3 is 1. The molecule has 1 aliphatic carbocycles. The number of rotatable bonds is 5. The molecule has 3 N–H and O–H groups in total. The lowest BCUT2D eigenvalue weighted by atomic mass is 9.98. The Morgan fingerprint density at radius 1 is 1.41 bits per heavy atom. The zero-order chi connectivity index (χ0) is 12.4. The summed E-state index contributed by atoms with van der Waals surface area (Å²) in [4.78, 5) is 0. The van der Waals surface area contributed by atoms with E-state index in [0.29, 0.717) is 6.04 Å². The molecule has 0 amide bonds. The molecular weight excluding hydrogens is 212 g/mol. The molecule has 1 unspecified atom stereocenters. The van der Waals surface area contributed by atoms with Crippen molar-refractivity contribution in [1.82, 2.24) is 5.32 Å². The van der Waals surface area contributed by atoms with E-state index in [4.69, 9.17) is 10.5 Å². The fourth-order valence-corrected chi connectivity index (χ4v) is 2.27. The van der Waals surface area contributed by atoms with Crippen LogP contribution in [0.1, 0.15) is 35.6 Å². The third kappa shape index (κ3) is 2.99. The molecule has 94 valence electrons. The topological polar surface area (TPSA) is 47.3 Å². The van der Waals surface area contributed by atoms with E-state index in [9.17, 15) is 0 Å². The number of nitrogens with one attached hydrogen (secondary N) is 1. The van der Waals surface area contributed by atoms with Gasteiger partial charge in [0.2, 0.25) is 0 Å². The molecule has 1 aromatic carbocycles. The van der Waals surface area contributed by atoms with E-state index in [1.165, 1.54) is 24.0 Å². The van der Waals surface area contributed by atoms with Gasteiger partial charge in [0.15, 0.2) is 0 Å². The molecule has 1 fully saturated rings. The summed E-state index contributed by atoms with van der Waals surface area (Å²) in [7, 11) is 1.71. The van der Waals surface area contributed by atoms with E-state index in [-0.39, 0.29) is 6.04 Å². The molecule has 0 saturated heterocycles. The standard InChI is InChI=1S/C14H22N2O/c1-9-6-10(2)14(13(7-9)17-3)12(15)8-16-11-4-5-11/h6-7,11-12,16H,4-5,8,15H2,1-3H3. The molecule has 0 aromatic heterocycles. The van der Waals surface area contributed by atoms with Crippen LogP contribution in [-0.2, 0) is 0 Å². The predicted octanol–water partition coefficient (Wildman–Crippen LogP) is 2.06. The molecule has 0 heterocycles. The van der Waals surface area contributed by atoms with Crippen molar-refractivity contribution in [2.24, 2.45) is 5.73 Å². The highest BCUT2D eigenvalue weighted by atomic mass is 16.5. The summed E-state index contributed by atoms with van der Waals surface area (Å²) < 4.78 is 5.44. The average molecular weight is 234 g/mol. The van der Waals surface area contributed by atoms with Crippen molar-refractivity contribution in [3.63, 3.8) is 0 Å². The quantitative estimate of drug-likeness (QED) is 0.820. The van der Waals surface area contributed by atoms with Crippen LogP contribution in [0.4, 0.5) is 0 Å². The molecule has 1 saturated carbocycles. The predicted molar refractivity (Wildman–Crippen MR) is 70.4 cm³/mol. The minimum Gasteiger partial charge on any atom is -0.496 e. The molecule has 0 radical (unpaired) electrons. The summed E-state index contributed by atoms with van der Waals surface area (Å²) in [5.41, 5.74) is 9.81. The molecule has 0 aliphatic heterocycles. The maximum absolute atomic E-state index is 6.26. The zero-order valence-corrected chi connectivity index (χ0v) is 10.9. The fraction of sp³-hybridized carbons (Fsp3) is 0.571. The van der Waals surface area contributed by atoms with Gasteiger partial charge in [0.05, 0.1) is 7.11 Å². The van der Waals surface area contributed by atoms with Crippen LogP contribution in [0.25, 0.3) is 0 Å². The van der Waals surface area contributed by atoms with Gasteiger partial charge in [-0.1, -0.05) is 6.07 Å². The van der Waals surface area contributed by atoms with Crippen LogP contribution < -0.4 is 15.8 Å². The van der Waals surface area contributed by atoms with Crippen molar-refractivity contribution in [2.45, 2.75) is 38.8 Å². The maximum atomic E-state index is 6.26. The molecule has 1 atom stereocenters. The minimum absolute atomic E-state index is 0.00569. The van der Waals surface area contributed by atoms with Crippen LogP contribution >= 0.6 is 0 Å². The van der Waals surface area contributed by atoms with E-state index in [0.717, 1.165) is 17.9 Å². The van der Waals surface area contributed by atoms with Gasteiger partial charge >= 0.3 is 0 Å². The van der Waals surface area contributed by atoms with Gasteiger partial charge < -0.3 is 15.8 Å². The molecule has 3 heteroatoms. The number of hydrogen-bond donors (Lipinski definition) is 2. The Hall–Kier alpha value is -1.06. The second kappa shape index (κ2) is 5.07. The molecule has 3 nitrogen and oxygen atoms in total. The molecule has 2 rings (SSSR count). The Balaban J connectivity index is 2.16. The Bertz CT molecular complexity index is 399. The Kier molecular flexibility index (Phi) is 3.69. The third-order valence-corrected chi connectivity index (χ3v) is 3.29. The van der Waals surface area contributed by atoms with Crippen LogP contribution in [0.15, 0.2) is 12.1 Å². The van der Waals surface area contributed by atoms with Gasteiger partial charge in [-0.3, -0.25) is 0 Å². The van der Waals surface area contributed by atoms with Crippen LogP contribution in [0.5, 0.6) is 5.75 Å². The normalized spacial score (nSPS) is 16.9. The SMILES string of the molecule is COc1cc(C)cc(C)c1C(N)CNC1CC1. The van der Waals surface area contributed by atoms with E-state index < -0.39 is 0 Å². The van der Waals surface area contributed by atoms with Gasteiger partial charge in [0, 0.05) is 24.2 Å². The van der Waals surface area contributed by atoms with Crippen LogP contribution in [0.3, 0.4) is 0 Å². The van der Waals surface area contributed by atoms with Crippen LogP contribution in [-0.4, -0.2) is 19.7 Å². The average Bonchev–Trinajstić information content (AvgIpc) is 3.08. The highest BCUT2D eigenvalue weighted by Gasteiger charge is 2.22. The van der Waals surface area contributed by atoms with Gasteiger partial charge in [-0.25, -0.2) is 0 Å². The highest BCUT2D eigenvalue weighted by Crippen LogP contribution is 2.29. The maximum Gasteiger partial charge on any atom is 0.124 e. The monoisotopic (exact) mass is 234 g/mol. The largest absolute Gasteiger partial charge is 0.496 e. The molecular formula is C14H22N2O. The van der Waals surface area contributed by atoms with Crippen molar-refractivity contribution < 1.29 is 4.74 Å². The van der Waals surface area contributed by atoms with Crippen LogP contribution in [0, 0.1) is 13.8 Å². The Morgan fingerprint density at radius 3 is 2.71 bits per heavy atom. The van der Waals surface area contributed by atoms with E-state index in [1.807, 2.05) is 0 Å². The molecule has 0 bridgehead atoms. The second-order valence-electron chi connectivity index (χ2n) is 4.99. The number of ether oxygens (including phenoxy) is 1. The van der Waals surface area contributed by atoms with Crippen molar-refractivity contribution in [1.29, 1.82) is 0 Å². The van der Waals surface area contributed by atoms with E-state index in [2.05, 4.69) is 31.3 Å². The Morgan fingerprint density at radius 2 is 2.12 bits per heavy atom. The van der Waals surface area contributed by atoms with Gasteiger partial charge in [0.25, 0.3) is 0 Å². The lowest BCUT2D eigenvalue weighted by molar-refractivity contribution is 0.403. The summed E-state index contributed by atoms with van der Waals surface area (Å²) in [5, 5.41) is 3.47. The van der Waals surface area contributed by atoms with Crippen molar-refractivity contribution in [3.05, 3.63) is 28.8 Å². The van der Waals surface area contributed by atoms with Gasteiger partial charge in [-0.05, 0) is 43.9 Å². The lowest BCUT2D eigenvalue weighted by Gasteiger charge is -2.19. The molecule has 0 spiro atoms. The lowest BCUT2D eigenvalue weighted by Crippen LogP contribution is -2.29. The van der Waals surface area contributed by atoms with Gasteiger partial charge in [-0.15, -0.1) is 0 Å². The first kappa shape index (κ1) is 12.4. The van der Waals surface area contributed by atoms with Gasteiger partial charge in [0.1, 0.15) is 5.75 Å². The van der Waals surface area contributed by atoms with Crippen LogP contribution in [0.2, 0.25) is 0 Å². The summed E-state index contributed by atoms with van der Waals surface area (Å²) >= 11 is 0. The van der Waals surface area contributed by atoms with Crippen molar-refractivity contribution in [2.75, 3.05) is 13.7 Å². The number of nitrogens with two attached hydrogens (primary N) is 1. The first-order valence-electron chi connectivity index (χ1n) is 6.26. The first-order valence-corrected chi connectivity index (χ1v) is 6.26. The molecule has 1 aliphatic rings. The van der Waals surface area contributed by atoms with Gasteiger partial charge in [-0.2, -0.15) is 0 Å². The minimum atomic E-state index is 0.00569. The summed E-state index contributed by atoms with van der Waals surface area (Å²) in [6, 6.07) is 4.91.